The summed E-state index contributed by atoms with van der Waals surface area (Å²) in [7, 11) is 1.66. The summed E-state index contributed by atoms with van der Waals surface area (Å²) < 4.78 is 51.3. The third kappa shape index (κ3) is 5.01. The molecule has 0 bridgehead atoms. The number of carbonyl (C=O) groups is 2. The molecule has 6 rings (SSSR count). The van der Waals surface area contributed by atoms with Crippen LogP contribution in [0.1, 0.15) is 45.9 Å². The first kappa shape index (κ1) is 27.6. The van der Waals surface area contributed by atoms with Crippen LogP contribution in [-0.2, 0) is 33.4 Å². The first-order valence-corrected chi connectivity index (χ1v) is 14.5. The largest absolute Gasteiger partial charge is 0.417 e. The molecule has 40 heavy (non-hydrogen) atoms. The number of likely N-dealkylation sites (tertiary alicyclic amines) is 1. The molecule has 1 aliphatic carbocycles. The average Bonchev–Trinajstić information content (AvgIpc) is 3.67. The van der Waals surface area contributed by atoms with Crippen molar-refractivity contribution in [2.45, 2.75) is 56.6 Å². The Bertz CT molecular complexity index is 1260. The lowest BCUT2D eigenvalue weighted by molar-refractivity contribution is -0.143. The number of rotatable bonds is 5. The van der Waals surface area contributed by atoms with Crippen molar-refractivity contribution in [3.8, 4) is 0 Å². The van der Waals surface area contributed by atoms with Gasteiger partial charge in [-0.1, -0.05) is 0 Å². The Hall–Kier alpha value is -2.61. The molecule has 2 saturated heterocycles. The lowest BCUT2D eigenvalue weighted by Gasteiger charge is -2.37. The molecule has 0 unspecified atom stereocenters. The van der Waals surface area contributed by atoms with Crippen molar-refractivity contribution >= 4 is 23.2 Å². The van der Waals surface area contributed by atoms with E-state index in [-0.39, 0.29) is 49.0 Å². The Morgan fingerprint density at radius 3 is 2.88 bits per heavy atom. The quantitative estimate of drug-likeness (QED) is 0.582. The summed E-state index contributed by atoms with van der Waals surface area (Å²) in [5.41, 5.74) is -0.625. The zero-order valence-corrected chi connectivity index (χ0v) is 23.0. The van der Waals surface area contributed by atoms with E-state index in [4.69, 9.17) is 9.47 Å². The van der Waals surface area contributed by atoms with Gasteiger partial charge in [0.1, 0.15) is 0 Å². The van der Waals surface area contributed by atoms with Crippen molar-refractivity contribution in [3.05, 3.63) is 45.7 Å². The summed E-state index contributed by atoms with van der Waals surface area (Å²) in [5.74, 6) is -0.370. The molecule has 5 heterocycles. The van der Waals surface area contributed by atoms with Gasteiger partial charge in [-0.2, -0.15) is 13.2 Å². The highest BCUT2D eigenvalue weighted by molar-refractivity contribution is 7.11. The number of carbonyl (C=O) groups excluding carboxylic acids is 2. The van der Waals surface area contributed by atoms with E-state index in [0.717, 1.165) is 18.7 Å². The summed E-state index contributed by atoms with van der Waals surface area (Å²) in [4.78, 5) is 39.2. The number of thiazole rings is 1. The van der Waals surface area contributed by atoms with Gasteiger partial charge in [0.15, 0.2) is 5.01 Å². The van der Waals surface area contributed by atoms with E-state index >= 15 is 0 Å². The monoisotopic (exact) mass is 579 g/mol. The van der Waals surface area contributed by atoms with Crippen LogP contribution in [-0.4, -0.2) is 89.7 Å². The van der Waals surface area contributed by atoms with Crippen LogP contribution in [0.15, 0.2) is 23.8 Å². The molecule has 3 fully saturated rings. The summed E-state index contributed by atoms with van der Waals surface area (Å²) in [6, 6.07) is 1.25. The van der Waals surface area contributed by atoms with Gasteiger partial charge in [0.25, 0.3) is 5.91 Å². The van der Waals surface area contributed by atoms with Gasteiger partial charge in [-0.15, -0.1) is 11.3 Å². The number of hydrogen-bond donors (Lipinski definition) is 1. The Morgan fingerprint density at radius 1 is 1.27 bits per heavy atom. The molecular formula is C27H32F3N5O4S. The Balaban J connectivity index is 1.25. The second kappa shape index (κ2) is 10.7. The number of aromatic nitrogens is 2. The third-order valence-corrected chi connectivity index (χ3v) is 9.68. The predicted octanol–water partition coefficient (Wildman–Crippen LogP) is 2.76. The molecule has 1 N–H and O–H groups in total. The number of ether oxygens (including phenoxy) is 2. The number of halogens is 3. The van der Waals surface area contributed by atoms with E-state index in [1.54, 1.807) is 28.5 Å². The minimum Gasteiger partial charge on any atom is -0.379 e. The molecule has 0 aromatic carbocycles. The van der Waals surface area contributed by atoms with Crippen LogP contribution in [0.3, 0.4) is 0 Å². The molecule has 3 aliphatic heterocycles. The molecule has 4 aliphatic rings. The molecular weight excluding hydrogens is 547 g/mol. The van der Waals surface area contributed by atoms with Crippen LogP contribution >= 0.6 is 11.3 Å². The number of alkyl halides is 3. The Kier molecular flexibility index (Phi) is 7.34. The van der Waals surface area contributed by atoms with Gasteiger partial charge >= 0.3 is 6.18 Å². The van der Waals surface area contributed by atoms with Crippen LogP contribution < -0.4 is 5.32 Å². The molecule has 0 radical (unpaired) electrons. The molecule has 2 aromatic heterocycles. The van der Waals surface area contributed by atoms with Crippen LogP contribution in [0.2, 0.25) is 0 Å². The number of methoxy groups -OCH3 is 1. The maximum Gasteiger partial charge on any atom is 0.417 e. The molecule has 2 amide bonds. The van der Waals surface area contributed by atoms with E-state index in [9.17, 15) is 22.8 Å². The normalized spacial score (nSPS) is 30.3. The predicted molar refractivity (Wildman–Crippen MR) is 138 cm³/mol. The highest BCUT2D eigenvalue weighted by Gasteiger charge is 2.60. The fourth-order valence-corrected chi connectivity index (χ4v) is 7.56. The number of hydrogen-bond acceptors (Lipinski definition) is 8. The molecule has 2 aromatic rings. The number of fused-ring (bicyclic) bond motifs is 2. The van der Waals surface area contributed by atoms with E-state index in [0.29, 0.717) is 61.8 Å². The number of amides is 2. The van der Waals surface area contributed by atoms with Crippen molar-refractivity contribution in [2.24, 2.45) is 11.3 Å². The van der Waals surface area contributed by atoms with Crippen molar-refractivity contribution in [3.63, 3.8) is 0 Å². The van der Waals surface area contributed by atoms with Gasteiger partial charge in [0, 0.05) is 81.9 Å². The highest BCUT2D eigenvalue weighted by Crippen LogP contribution is 2.51. The molecule has 216 valence electrons. The summed E-state index contributed by atoms with van der Waals surface area (Å²) in [6.45, 7) is 2.29. The SMILES string of the molecule is CO[C@@H]1COCC[C@@H]1N[C@@H]1C[C@H]2CN(C(=O)c3nccs3)C[C@@]2(C(=O)N2CCc3ncc(C(F)(F)F)cc3C2)C1. The Labute approximate surface area is 234 Å². The van der Waals surface area contributed by atoms with Gasteiger partial charge < -0.3 is 24.6 Å². The van der Waals surface area contributed by atoms with E-state index in [2.05, 4.69) is 15.3 Å². The van der Waals surface area contributed by atoms with Crippen molar-refractivity contribution < 1.29 is 32.2 Å². The highest BCUT2D eigenvalue weighted by atomic mass is 32.1. The zero-order valence-electron chi connectivity index (χ0n) is 22.2. The van der Waals surface area contributed by atoms with Gasteiger partial charge in [0.05, 0.1) is 23.7 Å². The van der Waals surface area contributed by atoms with Gasteiger partial charge in [-0.3, -0.25) is 14.6 Å². The van der Waals surface area contributed by atoms with Gasteiger partial charge in [0.2, 0.25) is 5.91 Å². The first-order valence-electron chi connectivity index (χ1n) is 13.6. The maximum absolute atomic E-state index is 14.4. The molecule has 13 heteroatoms. The molecule has 9 nitrogen and oxygen atoms in total. The fraction of sp³-hybridized carbons (Fsp3) is 0.630. The standard InChI is InChI=1S/C27H32F3N5O4S/c1-38-22-14-39-6-3-21(22)33-19-9-18-13-35(24(36)23-31-4-7-40-23)15-26(18,10-19)25(37)34-5-2-20-16(12-34)8-17(11-32-20)27(28,29)30/h4,7-8,11,18-19,21-22,33H,2-3,5-6,9-10,12-15H2,1H3/t18-,19+,21-,22+,26-/m0/s1. The third-order valence-electron chi connectivity index (χ3n) is 8.91. The van der Waals surface area contributed by atoms with Crippen LogP contribution in [0.25, 0.3) is 0 Å². The average molecular weight is 580 g/mol. The zero-order chi connectivity index (χ0) is 28.1. The number of nitrogens with zero attached hydrogens (tertiary/aromatic N) is 4. The van der Waals surface area contributed by atoms with Crippen molar-refractivity contribution in [2.75, 3.05) is 40.0 Å². The fourth-order valence-electron chi connectivity index (χ4n) is 6.96. The second-order valence-electron chi connectivity index (χ2n) is 11.2. The lowest BCUT2D eigenvalue weighted by Crippen LogP contribution is -2.52. The maximum atomic E-state index is 14.4. The van der Waals surface area contributed by atoms with Crippen molar-refractivity contribution in [1.29, 1.82) is 0 Å². The summed E-state index contributed by atoms with van der Waals surface area (Å²) >= 11 is 1.27. The Morgan fingerprint density at radius 2 is 2.12 bits per heavy atom. The van der Waals surface area contributed by atoms with Crippen molar-refractivity contribution in [1.82, 2.24) is 25.1 Å². The van der Waals surface area contributed by atoms with E-state index < -0.39 is 17.2 Å². The molecule has 5 atom stereocenters. The minimum absolute atomic E-state index is 0.0439. The molecule has 0 spiro atoms. The lowest BCUT2D eigenvalue weighted by atomic mass is 9.78. The first-order chi connectivity index (χ1) is 19.2. The summed E-state index contributed by atoms with van der Waals surface area (Å²) in [6.07, 6.45) is 0.299. The van der Waals surface area contributed by atoms with Gasteiger partial charge in [-0.25, -0.2) is 4.98 Å². The summed E-state index contributed by atoms with van der Waals surface area (Å²) in [5, 5.41) is 5.86. The topological polar surface area (TPSA) is 96.9 Å². The van der Waals surface area contributed by atoms with E-state index in [1.807, 2.05) is 0 Å². The van der Waals surface area contributed by atoms with Crippen LogP contribution in [0.5, 0.6) is 0 Å². The second-order valence-corrected chi connectivity index (χ2v) is 12.1. The smallest absolute Gasteiger partial charge is 0.379 e. The number of nitrogens with one attached hydrogen (secondary N) is 1. The van der Waals surface area contributed by atoms with Crippen LogP contribution in [0.4, 0.5) is 13.2 Å². The minimum atomic E-state index is -4.51. The van der Waals surface area contributed by atoms with E-state index in [1.165, 1.54) is 11.3 Å². The van der Waals surface area contributed by atoms with Gasteiger partial charge in [-0.05, 0) is 36.8 Å². The number of pyridine rings is 1. The molecule has 1 saturated carbocycles. The van der Waals surface area contributed by atoms with Crippen LogP contribution in [0, 0.1) is 11.3 Å².